The Labute approximate surface area is 140 Å². The van der Waals surface area contributed by atoms with Gasteiger partial charge in [-0.05, 0) is 31.9 Å². The van der Waals surface area contributed by atoms with E-state index < -0.39 is 0 Å². The van der Waals surface area contributed by atoms with Crippen LogP contribution >= 0.6 is 0 Å². The molecule has 0 saturated carbocycles. The first-order valence-electron chi connectivity index (χ1n) is 8.21. The van der Waals surface area contributed by atoms with Crippen LogP contribution in [0.2, 0.25) is 0 Å². The van der Waals surface area contributed by atoms with Gasteiger partial charge in [0.15, 0.2) is 11.2 Å². The summed E-state index contributed by atoms with van der Waals surface area (Å²) >= 11 is 0. The predicted octanol–water partition coefficient (Wildman–Crippen LogP) is 2.33. The van der Waals surface area contributed by atoms with Crippen LogP contribution in [0, 0.1) is 12.8 Å². The number of hydrogen-bond donors (Lipinski definition) is 0. The van der Waals surface area contributed by atoms with Crippen LogP contribution in [0.15, 0.2) is 40.2 Å². The summed E-state index contributed by atoms with van der Waals surface area (Å²) in [7, 11) is 0. The number of fused-ring (bicyclic) bond motifs is 1. The lowest BCUT2D eigenvalue weighted by Gasteiger charge is -2.14. The van der Waals surface area contributed by atoms with Crippen LogP contribution in [0.5, 0.6) is 0 Å². The molecule has 0 unspecified atom stereocenters. The lowest BCUT2D eigenvalue weighted by atomic mass is 10.2. The maximum atomic E-state index is 13.0. The fraction of sp³-hybridized carbons (Fsp3) is 0.389. The summed E-state index contributed by atoms with van der Waals surface area (Å²) in [5.74, 6) is 0.192. The molecule has 6 nitrogen and oxygen atoms in total. The van der Waals surface area contributed by atoms with Gasteiger partial charge < -0.3 is 4.57 Å². The number of aryl methyl sites for hydroxylation is 2. The average molecular weight is 326 g/mol. The van der Waals surface area contributed by atoms with Gasteiger partial charge in [0.1, 0.15) is 0 Å². The SMILES string of the molecule is CCn1cnc2c1c(=O)n(CC(C)C)c(=O)n2-c1ccc(C)cc1. The van der Waals surface area contributed by atoms with Crippen molar-refractivity contribution >= 4 is 11.2 Å². The first kappa shape index (κ1) is 16.2. The number of benzene rings is 1. The third kappa shape index (κ3) is 2.58. The summed E-state index contributed by atoms with van der Waals surface area (Å²) in [4.78, 5) is 30.2. The Bertz CT molecular complexity index is 991. The van der Waals surface area contributed by atoms with Gasteiger partial charge in [-0.3, -0.25) is 9.36 Å². The van der Waals surface area contributed by atoms with Crippen LogP contribution in [0.1, 0.15) is 26.3 Å². The van der Waals surface area contributed by atoms with E-state index in [1.165, 1.54) is 9.13 Å². The van der Waals surface area contributed by atoms with E-state index in [1.54, 1.807) is 10.9 Å². The van der Waals surface area contributed by atoms with E-state index in [4.69, 9.17) is 0 Å². The molecule has 2 aromatic heterocycles. The fourth-order valence-electron chi connectivity index (χ4n) is 2.87. The van der Waals surface area contributed by atoms with E-state index in [0.29, 0.717) is 24.3 Å². The van der Waals surface area contributed by atoms with Gasteiger partial charge in [-0.2, -0.15) is 0 Å². The molecular formula is C18H22N4O2. The molecule has 3 aromatic rings. The number of aromatic nitrogens is 4. The Balaban J connectivity index is 2.43. The normalized spacial score (nSPS) is 11.5. The second kappa shape index (κ2) is 6.11. The molecular weight excluding hydrogens is 304 g/mol. The molecule has 3 rings (SSSR count). The number of rotatable bonds is 4. The lowest BCUT2D eigenvalue weighted by Crippen LogP contribution is -2.41. The van der Waals surface area contributed by atoms with E-state index in [1.807, 2.05) is 52.0 Å². The average Bonchev–Trinajstić information content (AvgIpc) is 2.97. The molecule has 0 amide bonds. The van der Waals surface area contributed by atoms with Gasteiger partial charge in [0, 0.05) is 13.1 Å². The summed E-state index contributed by atoms with van der Waals surface area (Å²) in [5, 5.41) is 0. The zero-order valence-corrected chi connectivity index (χ0v) is 14.5. The Morgan fingerprint density at radius 2 is 1.79 bits per heavy atom. The zero-order chi connectivity index (χ0) is 17.4. The molecule has 0 aliphatic rings. The standard InChI is InChI=1S/C18H22N4O2/c1-5-20-11-19-16-15(20)17(23)21(10-12(2)3)18(24)22(16)14-8-6-13(4)7-9-14/h6-9,11-12H,5,10H2,1-4H3. The van der Waals surface area contributed by atoms with E-state index in [-0.39, 0.29) is 17.2 Å². The van der Waals surface area contributed by atoms with Crippen molar-refractivity contribution < 1.29 is 0 Å². The Hall–Kier alpha value is -2.63. The molecule has 0 spiro atoms. The third-order valence-corrected chi connectivity index (χ3v) is 4.08. The molecule has 6 heteroatoms. The second-order valence-corrected chi connectivity index (χ2v) is 6.47. The molecule has 0 bridgehead atoms. The van der Waals surface area contributed by atoms with Gasteiger partial charge in [-0.15, -0.1) is 0 Å². The van der Waals surface area contributed by atoms with Crippen molar-refractivity contribution in [3.63, 3.8) is 0 Å². The number of hydrogen-bond acceptors (Lipinski definition) is 3. The van der Waals surface area contributed by atoms with Crippen LogP contribution in [0.25, 0.3) is 16.9 Å². The van der Waals surface area contributed by atoms with E-state index >= 15 is 0 Å². The van der Waals surface area contributed by atoms with E-state index in [0.717, 1.165) is 11.3 Å². The quantitative estimate of drug-likeness (QED) is 0.739. The van der Waals surface area contributed by atoms with Gasteiger partial charge in [0.25, 0.3) is 5.56 Å². The van der Waals surface area contributed by atoms with Crippen LogP contribution in [-0.2, 0) is 13.1 Å². The minimum Gasteiger partial charge on any atom is -0.325 e. The Morgan fingerprint density at radius 3 is 2.38 bits per heavy atom. The molecule has 1 aromatic carbocycles. The summed E-state index contributed by atoms with van der Waals surface area (Å²) in [5.41, 5.74) is 2.10. The third-order valence-electron chi connectivity index (χ3n) is 4.08. The van der Waals surface area contributed by atoms with Crippen molar-refractivity contribution in [1.29, 1.82) is 0 Å². The van der Waals surface area contributed by atoms with Crippen LogP contribution < -0.4 is 11.2 Å². The van der Waals surface area contributed by atoms with Crippen LogP contribution in [0.4, 0.5) is 0 Å². The van der Waals surface area contributed by atoms with Crippen molar-refractivity contribution in [2.75, 3.05) is 0 Å². The monoisotopic (exact) mass is 326 g/mol. The van der Waals surface area contributed by atoms with Crippen molar-refractivity contribution in [2.45, 2.75) is 40.8 Å². The molecule has 2 heterocycles. The highest BCUT2D eigenvalue weighted by atomic mass is 16.2. The number of nitrogens with zero attached hydrogens (tertiary/aromatic N) is 4. The van der Waals surface area contributed by atoms with Crippen LogP contribution in [-0.4, -0.2) is 18.7 Å². The highest BCUT2D eigenvalue weighted by Gasteiger charge is 2.19. The molecule has 126 valence electrons. The largest absolute Gasteiger partial charge is 0.337 e. The first-order valence-corrected chi connectivity index (χ1v) is 8.21. The fourth-order valence-corrected chi connectivity index (χ4v) is 2.87. The number of imidazole rings is 1. The van der Waals surface area contributed by atoms with Crippen molar-refractivity contribution in [3.05, 3.63) is 57.0 Å². The molecule has 0 N–H and O–H groups in total. The summed E-state index contributed by atoms with van der Waals surface area (Å²) in [6.07, 6.45) is 1.62. The molecule has 24 heavy (non-hydrogen) atoms. The Kier molecular flexibility index (Phi) is 4.13. The van der Waals surface area contributed by atoms with Gasteiger partial charge >= 0.3 is 5.69 Å². The zero-order valence-electron chi connectivity index (χ0n) is 14.5. The van der Waals surface area contributed by atoms with E-state index in [2.05, 4.69) is 4.98 Å². The molecule has 0 atom stereocenters. The molecule has 0 saturated heterocycles. The first-order chi connectivity index (χ1) is 11.4. The highest BCUT2D eigenvalue weighted by molar-refractivity contribution is 5.72. The summed E-state index contributed by atoms with van der Waals surface area (Å²) < 4.78 is 4.64. The van der Waals surface area contributed by atoms with Gasteiger partial charge in [0.05, 0.1) is 12.0 Å². The smallest absolute Gasteiger partial charge is 0.325 e. The summed E-state index contributed by atoms with van der Waals surface area (Å²) in [6, 6.07) is 7.65. The molecule has 0 aliphatic heterocycles. The van der Waals surface area contributed by atoms with Crippen LogP contribution in [0.3, 0.4) is 0 Å². The summed E-state index contributed by atoms with van der Waals surface area (Å²) in [6.45, 7) is 8.93. The molecule has 0 aliphatic carbocycles. The molecule has 0 fully saturated rings. The molecule has 0 radical (unpaired) electrons. The topological polar surface area (TPSA) is 61.8 Å². The highest BCUT2D eigenvalue weighted by Crippen LogP contribution is 2.14. The Morgan fingerprint density at radius 1 is 1.12 bits per heavy atom. The predicted molar refractivity (Wildman–Crippen MR) is 94.8 cm³/mol. The minimum atomic E-state index is -0.341. The van der Waals surface area contributed by atoms with Gasteiger partial charge in [-0.1, -0.05) is 31.5 Å². The van der Waals surface area contributed by atoms with Gasteiger partial charge in [-0.25, -0.2) is 14.3 Å². The second-order valence-electron chi connectivity index (χ2n) is 6.47. The van der Waals surface area contributed by atoms with Gasteiger partial charge in [0.2, 0.25) is 0 Å². The minimum absolute atomic E-state index is 0.192. The van der Waals surface area contributed by atoms with E-state index in [9.17, 15) is 9.59 Å². The van der Waals surface area contributed by atoms with Crippen molar-refractivity contribution in [1.82, 2.24) is 18.7 Å². The maximum Gasteiger partial charge on any atom is 0.337 e. The van der Waals surface area contributed by atoms with Crippen molar-refractivity contribution in [2.24, 2.45) is 5.92 Å². The maximum absolute atomic E-state index is 13.0. The van der Waals surface area contributed by atoms with Crippen molar-refractivity contribution in [3.8, 4) is 5.69 Å². The lowest BCUT2D eigenvalue weighted by molar-refractivity contribution is 0.488.